The Kier molecular flexibility index (Phi) is 5.00. The van der Waals surface area contributed by atoms with Crippen LogP contribution < -0.4 is 5.32 Å². The predicted molar refractivity (Wildman–Crippen MR) is 80.1 cm³/mol. The number of hydrogen-bond donors (Lipinski definition) is 2. The van der Waals surface area contributed by atoms with Crippen molar-refractivity contribution in [1.82, 2.24) is 9.29 Å². The number of hydrogen-bond acceptors (Lipinski definition) is 5. The third-order valence-electron chi connectivity index (χ3n) is 3.11. The molecule has 2 heterocycles. The zero-order valence-corrected chi connectivity index (χ0v) is 13.6. The van der Waals surface area contributed by atoms with Crippen molar-refractivity contribution in [3.05, 3.63) is 16.7 Å². The Bertz CT molecular complexity index is 579. The van der Waals surface area contributed by atoms with Gasteiger partial charge < -0.3 is 10.4 Å². The van der Waals surface area contributed by atoms with Gasteiger partial charge in [-0.2, -0.15) is 4.31 Å². The molecule has 1 unspecified atom stereocenters. The maximum atomic E-state index is 12.6. The van der Waals surface area contributed by atoms with E-state index < -0.39 is 16.1 Å². The molecule has 0 spiro atoms. The molecule has 2 N–H and O–H groups in total. The summed E-state index contributed by atoms with van der Waals surface area (Å²) in [5, 5.41) is 12.6. The second-order valence-corrected chi connectivity index (χ2v) is 7.55. The standard InChI is InChI=1S/C12H18BrN3O3S/c1-2-4-14-12-11(6-9(13)7-15-12)20(18,19)16-5-3-10(17)8-16/h6-7,10,17H,2-5,8H2,1H3,(H,14,15). The van der Waals surface area contributed by atoms with Crippen LogP contribution in [-0.4, -0.2) is 48.6 Å². The maximum absolute atomic E-state index is 12.6. The Hall–Kier alpha value is -0.700. The number of nitrogens with zero attached hydrogens (tertiary/aromatic N) is 2. The Balaban J connectivity index is 2.36. The number of rotatable bonds is 5. The number of sulfonamides is 1. The summed E-state index contributed by atoms with van der Waals surface area (Å²) in [5.41, 5.74) is 0. The minimum Gasteiger partial charge on any atom is -0.392 e. The van der Waals surface area contributed by atoms with Gasteiger partial charge in [-0.25, -0.2) is 13.4 Å². The molecule has 8 heteroatoms. The van der Waals surface area contributed by atoms with Gasteiger partial charge in [0, 0.05) is 30.3 Å². The van der Waals surface area contributed by atoms with E-state index in [-0.39, 0.29) is 11.4 Å². The molecule has 1 aliphatic heterocycles. The number of β-amino-alcohol motifs (C(OH)–C–C–N with tert-alkyl or cyclic N) is 1. The molecule has 1 atom stereocenters. The van der Waals surface area contributed by atoms with Gasteiger partial charge in [-0.05, 0) is 34.8 Å². The molecule has 0 radical (unpaired) electrons. The summed E-state index contributed by atoms with van der Waals surface area (Å²) >= 11 is 3.25. The molecule has 0 saturated carbocycles. The summed E-state index contributed by atoms with van der Waals surface area (Å²) < 4.78 is 27.2. The van der Waals surface area contributed by atoms with Gasteiger partial charge in [0.2, 0.25) is 10.0 Å². The second-order valence-electron chi connectivity index (χ2n) is 4.73. The first-order chi connectivity index (χ1) is 9.45. The van der Waals surface area contributed by atoms with Crippen LogP contribution in [0.3, 0.4) is 0 Å². The molecule has 1 aromatic rings. The molecule has 20 heavy (non-hydrogen) atoms. The van der Waals surface area contributed by atoms with Crippen LogP contribution in [-0.2, 0) is 10.0 Å². The van der Waals surface area contributed by atoms with Crippen molar-refractivity contribution in [1.29, 1.82) is 0 Å². The maximum Gasteiger partial charge on any atom is 0.246 e. The van der Waals surface area contributed by atoms with Crippen LogP contribution >= 0.6 is 15.9 Å². The van der Waals surface area contributed by atoms with E-state index in [4.69, 9.17) is 0 Å². The molecule has 0 bridgehead atoms. The summed E-state index contributed by atoms with van der Waals surface area (Å²) in [6.07, 6.45) is 2.32. The lowest BCUT2D eigenvalue weighted by molar-refractivity contribution is 0.189. The Morgan fingerprint density at radius 3 is 2.95 bits per heavy atom. The second kappa shape index (κ2) is 6.38. The molecule has 6 nitrogen and oxygen atoms in total. The first-order valence-corrected chi connectivity index (χ1v) is 8.76. The van der Waals surface area contributed by atoms with E-state index in [1.165, 1.54) is 4.31 Å². The highest BCUT2D eigenvalue weighted by Gasteiger charge is 2.33. The van der Waals surface area contributed by atoms with Gasteiger partial charge in [-0.1, -0.05) is 6.92 Å². The SMILES string of the molecule is CCCNc1ncc(Br)cc1S(=O)(=O)N1CCC(O)C1. The highest BCUT2D eigenvalue weighted by Crippen LogP contribution is 2.28. The van der Waals surface area contributed by atoms with Crippen LogP contribution in [0.25, 0.3) is 0 Å². The molecule has 1 aromatic heterocycles. The zero-order chi connectivity index (χ0) is 14.8. The van der Waals surface area contributed by atoms with Crippen molar-refractivity contribution in [2.45, 2.75) is 30.8 Å². The summed E-state index contributed by atoms with van der Waals surface area (Å²) in [5.74, 6) is 0.358. The van der Waals surface area contributed by atoms with Crippen molar-refractivity contribution >= 4 is 31.8 Å². The van der Waals surface area contributed by atoms with Gasteiger partial charge in [0.05, 0.1) is 6.10 Å². The van der Waals surface area contributed by atoms with Crippen molar-refractivity contribution in [2.75, 3.05) is 25.0 Å². The number of aliphatic hydroxyl groups is 1. The van der Waals surface area contributed by atoms with E-state index in [2.05, 4.69) is 26.2 Å². The number of nitrogens with one attached hydrogen (secondary N) is 1. The number of aromatic nitrogens is 1. The van der Waals surface area contributed by atoms with E-state index in [1.54, 1.807) is 12.3 Å². The minimum atomic E-state index is -3.64. The third-order valence-corrected chi connectivity index (χ3v) is 5.42. The Labute approximate surface area is 127 Å². The summed E-state index contributed by atoms with van der Waals surface area (Å²) in [4.78, 5) is 4.29. The number of halogens is 1. The number of aliphatic hydroxyl groups excluding tert-OH is 1. The van der Waals surface area contributed by atoms with E-state index in [1.807, 2.05) is 6.92 Å². The highest BCUT2D eigenvalue weighted by molar-refractivity contribution is 9.10. The van der Waals surface area contributed by atoms with E-state index in [9.17, 15) is 13.5 Å². The normalized spacial score (nSPS) is 20.2. The first-order valence-electron chi connectivity index (χ1n) is 6.52. The van der Waals surface area contributed by atoms with Crippen molar-refractivity contribution in [3.8, 4) is 0 Å². The first kappa shape index (κ1) is 15.7. The van der Waals surface area contributed by atoms with Crippen LogP contribution in [0, 0.1) is 0 Å². The summed E-state index contributed by atoms with van der Waals surface area (Å²) in [6, 6.07) is 1.55. The lowest BCUT2D eigenvalue weighted by Gasteiger charge is -2.18. The molecule has 0 aliphatic carbocycles. The zero-order valence-electron chi connectivity index (χ0n) is 11.2. The third kappa shape index (κ3) is 3.30. The van der Waals surface area contributed by atoms with Gasteiger partial charge in [0.25, 0.3) is 0 Å². The van der Waals surface area contributed by atoms with E-state index >= 15 is 0 Å². The molecule has 1 aliphatic rings. The quantitative estimate of drug-likeness (QED) is 0.826. The van der Waals surface area contributed by atoms with Crippen LogP contribution in [0.4, 0.5) is 5.82 Å². The molecule has 1 saturated heterocycles. The highest BCUT2D eigenvalue weighted by atomic mass is 79.9. The fourth-order valence-corrected chi connectivity index (χ4v) is 4.18. The minimum absolute atomic E-state index is 0.141. The average Bonchev–Trinajstić information content (AvgIpc) is 2.84. The predicted octanol–water partition coefficient (Wildman–Crippen LogP) is 1.42. The topological polar surface area (TPSA) is 82.5 Å². The van der Waals surface area contributed by atoms with Gasteiger partial charge in [-0.3, -0.25) is 0 Å². The number of anilines is 1. The van der Waals surface area contributed by atoms with Crippen LogP contribution in [0.2, 0.25) is 0 Å². The van der Waals surface area contributed by atoms with Gasteiger partial charge in [0.15, 0.2) is 0 Å². The van der Waals surface area contributed by atoms with Crippen LogP contribution in [0.5, 0.6) is 0 Å². The molecule has 0 amide bonds. The lowest BCUT2D eigenvalue weighted by atomic mass is 10.3. The van der Waals surface area contributed by atoms with Crippen molar-refractivity contribution in [3.63, 3.8) is 0 Å². The fraction of sp³-hybridized carbons (Fsp3) is 0.583. The van der Waals surface area contributed by atoms with Gasteiger partial charge >= 0.3 is 0 Å². The van der Waals surface area contributed by atoms with Gasteiger partial charge in [0.1, 0.15) is 10.7 Å². The lowest BCUT2D eigenvalue weighted by Crippen LogP contribution is -2.30. The number of pyridine rings is 1. The monoisotopic (exact) mass is 363 g/mol. The summed E-state index contributed by atoms with van der Waals surface area (Å²) in [7, 11) is -3.64. The molecule has 0 aromatic carbocycles. The van der Waals surface area contributed by atoms with E-state index in [0.29, 0.717) is 29.8 Å². The van der Waals surface area contributed by atoms with Crippen LogP contribution in [0.1, 0.15) is 19.8 Å². The molecule has 112 valence electrons. The molecular formula is C12H18BrN3O3S. The fourth-order valence-electron chi connectivity index (χ4n) is 2.06. The van der Waals surface area contributed by atoms with Gasteiger partial charge in [-0.15, -0.1) is 0 Å². The largest absolute Gasteiger partial charge is 0.392 e. The smallest absolute Gasteiger partial charge is 0.246 e. The Morgan fingerprint density at radius 2 is 2.35 bits per heavy atom. The van der Waals surface area contributed by atoms with Crippen LogP contribution in [0.15, 0.2) is 21.6 Å². The van der Waals surface area contributed by atoms with E-state index in [0.717, 1.165) is 6.42 Å². The van der Waals surface area contributed by atoms with Crippen molar-refractivity contribution < 1.29 is 13.5 Å². The van der Waals surface area contributed by atoms with Crippen molar-refractivity contribution in [2.24, 2.45) is 0 Å². The molecular weight excluding hydrogens is 346 g/mol. The molecule has 2 rings (SSSR count). The average molecular weight is 364 g/mol. The summed E-state index contributed by atoms with van der Waals surface area (Å²) in [6.45, 7) is 3.13. The Morgan fingerprint density at radius 1 is 1.60 bits per heavy atom. The molecule has 1 fully saturated rings.